The third-order valence-electron chi connectivity index (χ3n) is 3.04. The lowest BCUT2D eigenvalue weighted by molar-refractivity contribution is 0.103. The molecule has 2 nitrogen and oxygen atoms in total. The minimum atomic E-state index is 0.0896. The van der Waals surface area contributed by atoms with Crippen LogP contribution in [0.3, 0.4) is 0 Å². The zero-order valence-electron chi connectivity index (χ0n) is 10.2. The highest BCUT2D eigenvalue weighted by atomic mass is 32.1. The second kappa shape index (κ2) is 4.58. The molecule has 0 aliphatic heterocycles. The predicted molar refractivity (Wildman–Crippen MR) is 72.6 cm³/mol. The summed E-state index contributed by atoms with van der Waals surface area (Å²) >= 11 is 1.56. The molecule has 1 saturated carbocycles. The maximum absolute atomic E-state index is 12.2. The molecule has 2 aromatic rings. The lowest BCUT2D eigenvalue weighted by Gasteiger charge is -2.05. The van der Waals surface area contributed by atoms with Crippen molar-refractivity contribution in [3.05, 3.63) is 51.7 Å². The number of hydrogen-bond acceptors (Lipinski definition) is 3. The molecule has 0 atom stereocenters. The topological polar surface area (TPSA) is 26.3 Å². The van der Waals surface area contributed by atoms with Crippen molar-refractivity contribution >= 4 is 17.1 Å². The number of ether oxygens (including phenoxy) is 1. The molecule has 18 heavy (non-hydrogen) atoms. The number of aryl methyl sites for hydroxylation is 1. The van der Waals surface area contributed by atoms with Gasteiger partial charge in [0.1, 0.15) is 5.75 Å². The number of carbonyl (C=O) groups excluding carboxylic acids is 1. The van der Waals surface area contributed by atoms with Crippen LogP contribution in [0.15, 0.2) is 35.0 Å². The highest BCUT2D eigenvalue weighted by molar-refractivity contribution is 7.08. The summed E-state index contributed by atoms with van der Waals surface area (Å²) in [6, 6.07) is 7.45. The van der Waals surface area contributed by atoms with Crippen molar-refractivity contribution in [3.63, 3.8) is 0 Å². The van der Waals surface area contributed by atoms with Crippen molar-refractivity contribution in [1.29, 1.82) is 0 Å². The molecule has 1 fully saturated rings. The minimum Gasteiger partial charge on any atom is -0.490 e. The molecule has 1 aromatic heterocycles. The van der Waals surface area contributed by atoms with Gasteiger partial charge in [-0.15, -0.1) is 0 Å². The first-order valence-corrected chi connectivity index (χ1v) is 7.02. The molecule has 1 aromatic carbocycles. The van der Waals surface area contributed by atoms with Gasteiger partial charge in [-0.3, -0.25) is 4.79 Å². The van der Waals surface area contributed by atoms with Gasteiger partial charge in [0.2, 0.25) is 0 Å². The molecule has 0 amide bonds. The Morgan fingerprint density at radius 2 is 1.94 bits per heavy atom. The van der Waals surface area contributed by atoms with Gasteiger partial charge < -0.3 is 4.74 Å². The monoisotopic (exact) mass is 258 g/mol. The molecule has 1 aliphatic rings. The second-order valence-corrected chi connectivity index (χ2v) is 5.38. The van der Waals surface area contributed by atoms with Crippen molar-refractivity contribution in [3.8, 4) is 5.75 Å². The average Bonchev–Trinajstić information content (AvgIpc) is 3.09. The van der Waals surface area contributed by atoms with Crippen LogP contribution in [0.5, 0.6) is 5.75 Å². The zero-order chi connectivity index (χ0) is 12.5. The van der Waals surface area contributed by atoms with Crippen molar-refractivity contribution < 1.29 is 9.53 Å². The van der Waals surface area contributed by atoms with Gasteiger partial charge in [-0.25, -0.2) is 0 Å². The molecule has 0 saturated heterocycles. The highest BCUT2D eigenvalue weighted by Crippen LogP contribution is 2.27. The lowest BCUT2D eigenvalue weighted by atomic mass is 10.0. The molecule has 0 radical (unpaired) electrons. The fraction of sp³-hybridized carbons (Fsp3) is 0.267. The number of hydrogen-bond donors (Lipinski definition) is 0. The Labute approximate surface area is 110 Å². The average molecular weight is 258 g/mol. The molecule has 92 valence electrons. The van der Waals surface area contributed by atoms with Crippen LogP contribution in [-0.4, -0.2) is 11.9 Å². The number of rotatable bonds is 4. The number of thiophene rings is 1. The van der Waals surface area contributed by atoms with Crippen LogP contribution in [0.2, 0.25) is 0 Å². The van der Waals surface area contributed by atoms with E-state index in [1.54, 1.807) is 11.3 Å². The SMILES string of the molecule is Cc1cscc1C(=O)c1ccc(OC2CC2)cc1. The minimum absolute atomic E-state index is 0.0896. The normalized spacial score (nSPS) is 14.5. The molecule has 0 bridgehead atoms. The van der Waals surface area contributed by atoms with Gasteiger partial charge in [-0.05, 0) is 55.0 Å². The third-order valence-corrected chi connectivity index (χ3v) is 3.91. The molecule has 1 heterocycles. The molecular formula is C15H14O2S. The number of carbonyl (C=O) groups is 1. The molecule has 0 unspecified atom stereocenters. The maximum Gasteiger partial charge on any atom is 0.194 e. The fourth-order valence-electron chi connectivity index (χ4n) is 1.81. The van der Waals surface area contributed by atoms with Gasteiger partial charge in [-0.2, -0.15) is 11.3 Å². The van der Waals surface area contributed by atoms with E-state index in [1.165, 1.54) is 0 Å². The van der Waals surface area contributed by atoms with Gasteiger partial charge in [0, 0.05) is 16.5 Å². The van der Waals surface area contributed by atoms with E-state index in [2.05, 4.69) is 0 Å². The van der Waals surface area contributed by atoms with Gasteiger partial charge in [0.05, 0.1) is 6.10 Å². The smallest absolute Gasteiger partial charge is 0.194 e. The van der Waals surface area contributed by atoms with Crippen molar-refractivity contribution in [1.82, 2.24) is 0 Å². The Hall–Kier alpha value is -1.61. The molecule has 1 aliphatic carbocycles. The Kier molecular flexibility index (Phi) is 2.92. The standard InChI is InChI=1S/C15H14O2S/c1-10-8-18-9-14(10)15(16)11-2-4-12(5-3-11)17-13-6-7-13/h2-5,8-9,13H,6-7H2,1H3. The molecule has 3 heteroatoms. The van der Waals surface area contributed by atoms with E-state index < -0.39 is 0 Å². The van der Waals surface area contributed by atoms with Crippen molar-refractivity contribution in [2.45, 2.75) is 25.9 Å². The predicted octanol–water partition coefficient (Wildman–Crippen LogP) is 3.83. The van der Waals surface area contributed by atoms with Crippen LogP contribution in [0, 0.1) is 6.92 Å². The van der Waals surface area contributed by atoms with Crippen LogP contribution in [-0.2, 0) is 0 Å². The summed E-state index contributed by atoms with van der Waals surface area (Å²) in [6.45, 7) is 1.97. The van der Waals surface area contributed by atoms with Crippen molar-refractivity contribution in [2.75, 3.05) is 0 Å². The Bertz CT molecular complexity index is 564. The van der Waals surface area contributed by atoms with Crippen LogP contribution in [0.4, 0.5) is 0 Å². The number of ketones is 1. The van der Waals surface area contributed by atoms with E-state index >= 15 is 0 Å². The van der Waals surface area contributed by atoms with Gasteiger partial charge >= 0.3 is 0 Å². The Balaban J connectivity index is 1.79. The van der Waals surface area contributed by atoms with Crippen LogP contribution in [0.25, 0.3) is 0 Å². The lowest BCUT2D eigenvalue weighted by Crippen LogP contribution is -2.02. The molecular weight excluding hydrogens is 244 g/mol. The third kappa shape index (κ3) is 2.31. The zero-order valence-corrected chi connectivity index (χ0v) is 11.0. The summed E-state index contributed by atoms with van der Waals surface area (Å²) < 4.78 is 5.67. The van der Waals surface area contributed by atoms with Gasteiger partial charge in [0.25, 0.3) is 0 Å². The number of benzene rings is 1. The molecule has 0 spiro atoms. The summed E-state index contributed by atoms with van der Waals surface area (Å²) in [5.74, 6) is 0.947. The van der Waals surface area contributed by atoms with Gasteiger partial charge in [-0.1, -0.05) is 0 Å². The first-order valence-electron chi connectivity index (χ1n) is 6.08. The second-order valence-electron chi connectivity index (χ2n) is 4.64. The summed E-state index contributed by atoms with van der Waals surface area (Å²) in [5, 5.41) is 3.91. The first kappa shape index (κ1) is 11.5. The van der Waals surface area contributed by atoms with E-state index in [1.807, 2.05) is 41.9 Å². The summed E-state index contributed by atoms with van der Waals surface area (Å²) in [7, 11) is 0. The Morgan fingerprint density at radius 3 is 2.50 bits per heavy atom. The van der Waals surface area contributed by atoms with E-state index in [0.717, 1.165) is 35.3 Å². The van der Waals surface area contributed by atoms with Crippen LogP contribution >= 0.6 is 11.3 Å². The first-order chi connectivity index (χ1) is 8.74. The van der Waals surface area contributed by atoms with E-state index in [0.29, 0.717) is 6.10 Å². The largest absolute Gasteiger partial charge is 0.490 e. The highest BCUT2D eigenvalue weighted by Gasteiger charge is 2.23. The van der Waals surface area contributed by atoms with Crippen LogP contribution < -0.4 is 4.74 Å². The van der Waals surface area contributed by atoms with Crippen LogP contribution in [0.1, 0.15) is 34.3 Å². The van der Waals surface area contributed by atoms with E-state index in [4.69, 9.17) is 4.74 Å². The maximum atomic E-state index is 12.2. The summed E-state index contributed by atoms with van der Waals surface area (Å²) in [5.41, 5.74) is 2.57. The summed E-state index contributed by atoms with van der Waals surface area (Å²) in [4.78, 5) is 12.2. The molecule has 3 rings (SSSR count). The quantitative estimate of drug-likeness (QED) is 0.779. The van der Waals surface area contributed by atoms with E-state index in [9.17, 15) is 4.79 Å². The fourth-order valence-corrected chi connectivity index (χ4v) is 2.64. The van der Waals surface area contributed by atoms with Gasteiger partial charge in [0.15, 0.2) is 5.78 Å². The molecule has 0 N–H and O–H groups in total. The Morgan fingerprint density at radius 1 is 1.22 bits per heavy atom. The summed E-state index contributed by atoms with van der Waals surface area (Å²) in [6.07, 6.45) is 2.69. The van der Waals surface area contributed by atoms with E-state index in [-0.39, 0.29) is 5.78 Å². The van der Waals surface area contributed by atoms with Crippen molar-refractivity contribution in [2.24, 2.45) is 0 Å².